The fraction of sp³-hybridized carbons (Fsp3) is 0.500. The lowest BCUT2D eigenvalue weighted by atomic mass is 9.95. The van der Waals surface area contributed by atoms with Gasteiger partial charge in [0.05, 0.1) is 6.10 Å². The van der Waals surface area contributed by atoms with E-state index in [1.807, 2.05) is 11.9 Å². The molecule has 1 aliphatic heterocycles. The normalized spacial score (nSPS) is 20.5. The lowest BCUT2D eigenvalue weighted by Gasteiger charge is -2.30. The third-order valence-electron chi connectivity index (χ3n) is 2.94. The maximum atomic E-state index is 12.2. The molecule has 2 rings (SSSR count). The molecule has 1 aliphatic rings. The van der Waals surface area contributed by atoms with E-state index in [1.165, 1.54) is 6.07 Å². The molecule has 1 aromatic rings. The summed E-state index contributed by atoms with van der Waals surface area (Å²) in [5.74, 6) is 0.141. The Bertz CT molecular complexity index is 423. The quantitative estimate of drug-likeness (QED) is 0.863. The maximum absolute atomic E-state index is 12.2. The predicted molar refractivity (Wildman–Crippen MR) is 59.1 cm³/mol. The van der Waals surface area contributed by atoms with Gasteiger partial charge in [0.25, 0.3) is 0 Å². The van der Waals surface area contributed by atoms with Crippen molar-refractivity contribution in [3.8, 4) is 5.75 Å². The van der Waals surface area contributed by atoms with Crippen LogP contribution in [0.4, 0.5) is 8.78 Å². The third kappa shape index (κ3) is 2.56. The predicted octanol–water partition coefficient (Wildman–Crippen LogP) is 2.08. The molecule has 3 nitrogen and oxygen atoms in total. The lowest BCUT2D eigenvalue weighted by Crippen LogP contribution is -2.30. The van der Waals surface area contributed by atoms with Gasteiger partial charge in [-0.25, -0.2) is 0 Å². The minimum Gasteiger partial charge on any atom is -0.435 e. The molecule has 1 atom stereocenters. The second kappa shape index (κ2) is 4.58. The molecule has 17 heavy (non-hydrogen) atoms. The van der Waals surface area contributed by atoms with Crippen LogP contribution in [-0.2, 0) is 6.54 Å². The molecule has 0 saturated carbocycles. The summed E-state index contributed by atoms with van der Waals surface area (Å²) in [4.78, 5) is 1.99. The summed E-state index contributed by atoms with van der Waals surface area (Å²) < 4.78 is 28.8. The minimum absolute atomic E-state index is 0.141. The van der Waals surface area contributed by atoms with Crippen LogP contribution in [0.1, 0.15) is 22.8 Å². The van der Waals surface area contributed by atoms with Crippen molar-refractivity contribution in [3.05, 3.63) is 28.8 Å². The van der Waals surface area contributed by atoms with Gasteiger partial charge in [-0.05, 0) is 36.7 Å². The van der Waals surface area contributed by atoms with E-state index in [1.54, 1.807) is 13.0 Å². The second-order valence-corrected chi connectivity index (χ2v) is 4.41. The summed E-state index contributed by atoms with van der Waals surface area (Å²) in [5, 5.41) is 9.90. The van der Waals surface area contributed by atoms with Gasteiger partial charge in [0.1, 0.15) is 5.75 Å². The molecule has 0 saturated heterocycles. The number of alkyl halides is 2. The van der Waals surface area contributed by atoms with E-state index in [4.69, 9.17) is 0 Å². The highest BCUT2D eigenvalue weighted by molar-refractivity contribution is 5.44. The molecule has 94 valence electrons. The number of likely N-dealkylation sites (N-methyl/N-ethyl adjacent to an activating group) is 1. The van der Waals surface area contributed by atoms with E-state index >= 15 is 0 Å². The van der Waals surface area contributed by atoms with Crippen LogP contribution in [0.15, 0.2) is 12.1 Å². The number of hydrogen-bond acceptors (Lipinski definition) is 3. The third-order valence-corrected chi connectivity index (χ3v) is 2.94. The molecule has 0 spiro atoms. The Labute approximate surface area is 98.6 Å². The van der Waals surface area contributed by atoms with Gasteiger partial charge in [-0.15, -0.1) is 0 Å². The molecule has 1 aromatic carbocycles. The van der Waals surface area contributed by atoms with Crippen molar-refractivity contribution in [1.82, 2.24) is 4.90 Å². The number of aryl methyl sites for hydroxylation is 1. The number of nitrogens with zero attached hydrogens (tertiary/aromatic N) is 1. The van der Waals surface area contributed by atoms with Gasteiger partial charge >= 0.3 is 6.61 Å². The smallest absolute Gasteiger partial charge is 0.387 e. The number of fused-ring (bicyclic) bond motifs is 1. The molecule has 0 aliphatic carbocycles. The van der Waals surface area contributed by atoms with Crippen LogP contribution < -0.4 is 4.74 Å². The summed E-state index contributed by atoms with van der Waals surface area (Å²) in [7, 11) is 1.91. The first-order valence-electron chi connectivity index (χ1n) is 5.42. The highest BCUT2D eigenvalue weighted by Gasteiger charge is 2.23. The monoisotopic (exact) mass is 243 g/mol. The van der Waals surface area contributed by atoms with Crippen LogP contribution in [0.25, 0.3) is 0 Å². The summed E-state index contributed by atoms with van der Waals surface area (Å²) in [6.45, 7) is 0.0980. The number of β-amino-alcohol motifs (C(OH)–C–C–N with tert-alkyl or cyclic N) is 1. The highest BCUT2D eigenvalue weighted by Crippen LogP contribution is 2.32. The Hall–Kier alpha value is -1.20. The average molecular weight is 243 g/mol. The Morgan fingerprint density at radius 2 is 2.18 bits per heavy atom. The maximum Gasteiger partial charge on any atom is 0.387 e. The summed E-state index contributed by atoms with van der Waals surface area (Å²) in [5.41, 5.74) is 2.31. The Morgan fingerprint density at radius 1 is 1.47 bits per heavy atom. The zero-order valence-electron chi connectivity index (χ0n) is 9.78. The molecule has 0 radical (unpaired) electrons. The second-order valence-electron chi connectivity index (χ2n) is 4.41. The molecule has 5 heteroatoms. The first kappa shape index (κ1) is 12.3. The lowest BCUT2D eigenvalue weighted by molar-refractivity contribution is -0.0505. The number of hydrogen-bond donors (Lipinski definition) is 1. The van der Waals surface area contributed by atoms with Crippen molar-refractivity contribution in [3.63, 3.8) is 0 Å². The van der Waals surface area contributed by atoms with Crippen molar-refractivity contribution >= 4 is 0 Å². The number of halogens is 2. The van der Waals surface area contributed by atoms with Gasteiger partial charge in [-0.2, -0.15) is 8.78 Å². The molecule has 1 unspecified atom stereocenters. The zero-order chi connectivity index (χ0) is 12.6. The van der Waals surface area contributed by atoms with Crippen LogP contribution in [0.3, 0.4) is 0 Å². The Balaban J connectivity index is 2.38. The topological polar surface area (TPSA) is 32.7 Å². The van der Waals surface area contributed by atoms with Crippen molar-refractivity contribution in [2.24, 2.45) is 0 Å². The number of aliphatic hydroxyl groups excluding tert-OH is 1. The minimum atomic E-state index is -2.84. The first-order chi connectivity index (χ1) is 7.97. The van der Waals surface area contributed by atoms with Crippen molar-refractivity contribution in [2.45, 2.75) is 26.2 Å². The van der Waals surface area contributed by atoms with Crippen LogP contribution in [0.5, 0.6) is 5.75 Å². The number of aliphatic hydroxyl groups is 1. The number of rotatable bonds is 2. The molecule has 0 fully saturated rings. The number of ether oxygens (including phenoxy) is 1. The van der Waals surface area contributed by atoms with E-state index in [0.29, 0.717) is 24.2 Å². The van der Waals surface area contributed by atoms with Crippen LogP contribution in [-0.4, -0.2) is 30.2 Å². The van der Waals surface area contributed by atoms with Crippen molar-refractivity contribution in [1.29, 1.82) is 0 Å². The van der Waals surface area contributed by atoms with E-state index < -0.39 is 12.7 Å². The van der Waals surface area contributed by atoms with E-state index in [9.17, 15) is 13.9 Å². The molecular weight excluding hydrogens is 228 g/mol. The summed E-state index contributed by atoms with van der Waals surface area (Å²) in [6, 6.07) is 3.32. The Morgan fingerprint density at radius 3 is 2.82 bits per heavy atom. The van der Waals surface area contributed by atoms with E-state index in [-0.39, 0.29) is 5.75 Å². The van der Waals surface area contributed by atoms with Gasteiger partial charge in [-0.1, -0.05) is 6.07 Å². The highest BCUT2D eigenvalue weighted by atomic mass is 19.3. The molecule has 1 heterocycles. The molecule has 0 amide bonds. The van der Waals surface area contributed by atoms with Gasteiger partial charge in [-0.3, -0.25) is 4.90 Å². The van der Waals surface area contributed by atoms with Crippen LogP contribution in [0, 0.1) is 6.92 Å². The fourth-order valence-corrected chi connectivity index (χ4v) is 2.18. The Kier molecular flexibility index (Phi) is 3.31. The summed E-state index contributed by atoms with van der Waals surface area (Å²) >= 11 is 0. The zero-order valence-corrected chi connectivity index (χ0v) is 9.78. The van der Waals surface area contributed by atoms with Crippen LogP contribution in [0.2, 0.25) is 0 Å². The average Bonchev–Trinajstić information content (AvgIpc) is 2.19. The van der Waals surface area contributed by atoms with Gasteiger partial charge in [0.2, 0.25) is 0 Å². The first-order valence-corrected chi connectivity index (χ1v) is 5.42. The molecule has 0 aromatic heterocycles. The van der Waals surface area contributed by atoms with Crippen LogP contribution >= 0.6 is 0 Å². The van der Waals surface area contributed by atoms with E-state index in [2.05, 4.69) is 4.74 Å². The van der Waals surface area contributed by atoms with E-state index in [0.717, 1.165) is 5.56 Å². The van der Waals surface area contributed by atoms with Crippen molar-refractivity contribution in [2.75, 3.05) is 13.6 Å². The SMILES string of the molecule is Cc1cc2c(cc1OC(F)F)C(O)CN(C)C2. The molecule has 1 N–H and O–H groups in total. The van der Waals surface area contributed by atoms with Crippen molar-refractivity contribution < 1.29 is 18.6 Å². The van der Waals surface area contributed by atoms with Gasteiger partial charge in [0.15, 0.2) is 0 Å². The largest absolute Gasteiger partial charge is 0.435 e. The number of benzene rings is 1. The van der Waals surface area contributed by atoms with Gasteiger partial charge < -0.3 is 9.84 Å². The fourth-order valence-electron chi connectivity index (χ4n) is 2.18. The molecular formula is C12H15F2NO2. The summed E-state index contributed by atoms with van der Waals surface area (Å²) in [6.07, 6.45) is -0.649. The van der Waals surface area contributed by atoms with Gasteiger partial charge in [0, 0.05) is 13.1 Å². The molecule has 0 bridgehead atoms. The standard InChI is InChI=1S/C12H15F2NO2/c1-7-3-8-5-15(2)6-10(16)9(8)4-11(7)17-12(13)14/h3-4,10,12,16H,5-6H2,1-2H3.